The third-order valence-corrected chi connectivity index (χ3v) is 3.06. The smallest absolute Gasteiger partial charge is 0.272 e. The molecule has 2 rings (SSSR count). The van der Waals surface area contributed by atoms with Crippen LogP contribution in [0.5, 0.6) is 0 Å². The van der Waals surface area contributed by atoms with Crippen LogP contribution in [0.2, 0.25) is 10.0 Å². The van der Waals surface area contributed by atoms with Crippen molar-refractivity contribution < 1.29 is 4.92 Å². The van der Waals surface area contributed by atoms with E-state index in [2.05, 4.69) is 10.5 Å². The van der Waals surface area contributed by atoms with Crippen LogP contribution in [0.25, 0.3) is 0 Å². The first-order valence-electron chi connectivity index (χ1n) is 5.55. The van der Waals surface area contributed by atoms with Crippen molar-refractivity contribution in [1.29, 1.82) is 0 Å². The van der Waals surface area contributed by atoms with Crippen molar-refractivity contribution in [2.75, 3.05) is 5.43 Å². The van der Waals surface area contributed by atoms with Gasteiger partial charge in [0.2, 0.25) is 0 Å². The van der Waals surface area contributed by atoms with Crippen molar-refractivity contribution in [3.8, 4) is 0 Å². The molecule has 1 N–H and O–H groups in total. The second-order valence-electron chi connectivity index (χ2n) is 3.82. The molecule has 0 heterocycles. The molecule has 0 fully saturated rings. The maximum Gasteiger partial charge on any atom is 0.272 e. The van der Waals surface area contributed by atoms with E-state index >= 15 is 0 Å². The summed E-state index contributed by atoms with van der Waals surface area (Å²) in [6.07, 6.45) is 1.42. The van der Waals surface area contributed by atoms with Crippen LogP contribution in [0.1, 0.15) is 5.56 Å². The van der Waals surface area contributed by atoms with Gasteiger partial charge in [-0.2, -0.15) is 5.10 Å². The number of rotatable bonds is 4. The summed E-state index contributed by atoms with van der Waals surface area (Å²) in [6, 6.07) is 11.8. The summed E-state index contributed by atoms with van der Waals surface area (Å²) in [6.45, 7) is 0. The molecule has 102 valence electrons. The number of nitrogens with zero attached hydrogens (tertiary/aromatic N) is 2. The monoisotopic (exact) mass is 309 g/mol. The first-order chi connectivity index (χ1) is 9.58. The summed E-state index contributed by atoms with van der Waals surface area (Å²) >= 11 is 11.9. The van der Waals surface area contributed by atoms with Crippen molar-refractivity contribution in [3.63, 3.8) is 0 Å². The lowest BCUT2D eigenvalue weighted by atomic mass is 10.2. The average Bonchev–Trinajstić information content (AvgIpc) is 2.42. The van der Waals surface area contributed by atoms with Gasteiger partial charge in [0.15, 0.2) is 0 Å². The SMILES string of the molecule is O=[N+]([O-])c1cc(Cl)c(C=NNc2ccccc2)c(Cl)c1. The minimum atomic E-state index is -0.555. The summed E-state index contributed by atoms with van der Waals surface area (Å²) in [5.41, 5.74) is 3.87. The van der Waals surface area contributed by atoms with E-state index in [1.54, 1.807) is 0 Å². The van der Waals surface area contributed by atoms with Crippen LogP contribution < -0.4 is 5.43 Å². The minimum absolute atomic E-state index is 0.159. The van der Waals surface area contributed by atoms with Gasteiger partial charge in [-0.1, -0.05) is 41.4 Å². The van der Waals surface area contributed by atoms with Gasteiger partial charge in [0.05, 0.1) is 26.9 Å². The van der Waals surface area contributed by atoms with Gasteiger partial charge in [0.25, 0.3) is 5.69 Å². The number of nitrogens with one attached hydrogen (secondary N) is 1. The van der Waals surface area contributed by atoms with Crippen molar-refractivity contribution in [1.82, 2.24) is 0 Å². The van der Waals surface area contributed by atoms with E-state index in [1.807, 2.05) is 30.3 Å². The maximum absolute atomic E-state index is 10.7. The molecule has 0 saturated heterocycles. The molecule has 7 heteroatoms. The lowest BCUT2D eigenvalue weighted by Gasteiger charge is -2.02. The fraction of sp³-hybridized carbons (Fsp3) is 0. The molecule has 2 aromatic rings. The van der Waals surface area contributed by atoms with E-state index in [4.69, 9.17) is 23.2 Å². The summed E-state index contributed by atoms with van der Waals surface area (Å²) in [5, 5.41) is 15.0. The lowest BCUT2D eigenvalue weighted by Crippen LogP contribution is -1.94. The fourth-order valence-corrected chi connectivity index (χ4v) is 2.06. The molecule has 0 saturated carbocycles. The Morgan fingerprint density at radius 2 is 1.75 bits per heavy atom. The number of benzene rings is 2. The van der Waals surface area contributed by atoms with Gasteiger partial charge in [0.1, 0.15) is 0 Å². The number of nitro groups is 1. The highest BCUT2D eigenvalue weighted by Crippen LogP contribution is 2.28. The Balaban J connectivity index is 2.19. The number of para-hydroxylation sites is 1. The molecule has 0 atom stereocenters. The number of hydrazone groups is 1. The molecule has 0 unspecified atom stereocenters. The number of halogens is 2. The Morgan fingerprint density at radius 1 is 1.15 bits per heavy atom. The second kappa shape index (κ2) is 6.36. The van der Waals surface area contributed by atoms with E-state index in [0.29, 0.717) is 5.56 Å². The highest BCUT2D eigenvalue weighted by Gasteiger charge is 2.13. The summed E-state index contributed by atoms with van der Waals surface area (Å²) in [7, 11) is 0. The van der Waals surface area contributed by atoms with Crippen molar-refractivity contribution in [2.24, 2.45) is 5.10 Å². The van der Waals surface area contributed by atoms with Crippen molar-refractivity contribution in [3.05, 3.63) is 68.2 Å². The van der Waals surface area contributed by atoms with Crippen LogP contribution in [0.4, 0.5) is 11.4 Å². The molecule has 0 aromatic heterocycles. The van der Waals surface area contributed by atoms with Crippen molar-refractivity contribution >= 4 is 40.8 Å². The van der Waals surface area contributed by atoms with Crippen LogP contribution in [0, 0.1) is 10.1 Å². The molecule has 0 aliphatic rings. The minimum Gasteiger partial charge on any atom is -0.279 e. The van der Waals surface area contributed by atoms with E-state index in [0.717, 1.165) is 5.69 Å². The predicted octanol–water partition coefficient (Wildman–Crippen LogP) is 4.35. The van der Waals surface area contributed by atoms with Crippen LogP contribution in [-0.2, 0) is 0 Å². The predicted molar refractivity (Wildman–Crippen MR) is 80.8 cm³/mol. The van der Waals surface area contributed by atoms with Gasteiger partial charge < -0.3 is 0 Å². The zero-order chi connectivity index (χ0) is 14.5. The van der Waals surface area contributed by atoms with Crippen LogP contribution >= 0.6 is 23.2 Å². The molecule has 2 aromatic carbocycles. The quantitative estimate of drug-likeness (QED) is 0.518. The molecular weight excluding hydrogens is 301 g/mol. The average molecular weight is 310 g/mol. The van der Waals surface area contributed by atoms with E-state index in [-0.39, 0.29) is 15.7 Å². The molecule has 0 radical (unpaired) electrons. The van der Waals surface area contributed by atoms with Crippen molar-refractivity contribution in [2.45, 2.75) is 0 Å². The van der Waals surface area contributed by atoms with Gasteiger partial charge in [-0.25, -0.2) is 0 Å². The van der Waals surface area contributed by atoms with Gasteiger partial charge in [-0.15, -0.1) is 0 Å². The number of hydrogen-bond donors (Lipinski definition) is 1. The Morgan fingerprint density at radius 3 is 2.30 bits per heavy atom. The Labute approximate surface area is 125 Å². The van der Waals surface area contributed by atoms with Gasteiger partial charge >= 0.3 is 0 Å². The summed E-state index contributed by atoms with van der Waals surface area (Å²) < 4.78 is 0. The molecule has 20 heavy (non-hydrogen) atoms. The summed E-state index contributed by atoms with van der Waals surface area (Å²) in [5.74, 6) is 0. The highest BCUT2D eigenvalue weighted by molar-refractivity contribution is 6.39. The molecular formula is C13H9Cl2N3O2. The molecule has 5 nitrogen and oxygen atoms in total. The molecule has 0 aliphatic heterocycles. The number of hydrogen-bond acceptors (Lipinski definition) is 4. The lowest BCUT2D eigenvalue weighted by molar-refractivity contribution is -0.384. The molecule has 0 spiro atoms. The maximum atomic E-state index is 10.7. The van der Waals surface area contributed by atoms with E-state index in [1.165, 1.54) is 18.3 Å². The zero-order valence-electron chi connectivity index (χ0n) is 10.1. The van der Waals surface area contributed by atoms with Gasteiger partial charge in [-0.05, 0) is 12.1 Å². The normalized spacial score (nSPS) is 10.7. The second-order valence-corrected chi connectivity index (χ2v) is 4.63. The highest BCUT2D eigenvalue weighted by atomic mass is 35.5. The molecule has 0 bridgehead atoms. The first-order valence-corrected chi connectivity index (χ1v) is 6.31. The Kier molecular flexibility index (Phi) is 4.55. The molecule has 0 aliphatic carbocycles. The van der Waals surface area contributed by atoms with Crippen LogP contribution in [0.15, 0.2) is 47.6 Å². The third-order valence-electron chi connectivity index (χ3n) is 2.44. The molecule has 0 amide bonds. The largest absolute Gasteiger partial charge is 0.279 e. The fourth-order valence-electron chi connectivity index (χ4n) is 1.48. The standard InChI is InChI=1S/C13H9Cl2N3O2/c14-12-6-10(18(19)20)7-13(15)11(12)8-16-17-9-4-2-1-3-5-9/h1-8,17H. The number of non-ortho nitro benzene ring substituents is 1. The van der Waals surface area contributed by atoms with Crippen LogP contribution in [0.3, 0.4) is 0 Å². The number of anilines is 1. The Bertz CT molecular complexity index is 637. The third kappa shape index (κ3) is 3.46. The van der Waals surface area contributed by atoms with E-state index < -0.39 is 4.92 Å². The topological polar surface area (TPSA) is 67.5 Å². The van der Waals surface area contributed by atoms with Gasteiger partial charge in [-0.3, -0.25) is 15.5 Å². The summed E-state index contributed by atoms with van der Waals surface area (Å²) in [4.78, 5) is 10.1. The first kappa shape index (κ1) is 14.3. The van der Waals surface area contributed by atoms with E-state index in [9.17, 15) is 10.1 Å². The number of nitro benzene ring substituents is 1. The van der Waals surface area contributed by atoms with Gasteiger partial charge in [0, 0.05) is 17.7 Å². The van der Waals surface area contributed by atoms with Crippen LogP contribution in [-0.4, -0.2) is 11.1 Å². The zero-order valence-corrected chi connectivity index (χ0v) is 11.6. The Hall–Kier alpha value is -2.11.